The lowest BCUT2D eigenvalue weighted by atomic mass is 10.1. The van der Waals surface area contributed by atoms with E-state index in [0.717, 1.165) is 28.6 Å². The molecule has 5 heteroatoms. The van der Waals surface area contributed by atoms with Gasteiger partial charge in [0.1, 0.15) is 4.34 Å². The van der Waals surface area contributed by atoms with E-state index in [1.54, 1.807) is 23.1 Å². The maximum atomic E-state index is 12.3. The Morgan fingerprint density at radius 1 is 1.20 bits per heavy atom. The molecule has 3 rings (SSSR count). The summed E-state index contributed by atoms with van der Waals surface area (Å²) in [5, 5.41) is 5.22. The van der Waals surface area contributed by atoms with E-state index >= 15 is 0 Å². The minimum absolute atomic E-state index is 0.118. The van der Waals surface area contributed by atoms with Crippen molar-refractivity contribution in [1.29, 1.82) is 0 Å². The number of thioether (sulfide) groups is 1. The van der Waals surface area contributed by atoms with Crippen molar-refractivity contribution in [2.24, 2.45) is 0 Å². The molecule has 0 atom stereocenters. The SMILES string of the molecule is Cc1ccc(CSc2nc(CC(=O)NC3CCCCCC3)cs2)cc1. The molecular weight excluding hydrogens is 348 g/mol. The number of hydrogen-bond acceptors (Lipinski definition) is 4. The van der Waals surface area contributed by atoms with Gasteiger partial charge in [0.05, 0.1) is 12.1 Å². The Balaban J connectivity index is 1.45. The van der Waals surface area contributed by atoms with Gasteiger partial charge in [0.2, 0.25) is 5.91 Å². The van der Waals surface area contributed by atoms with E-state index in [1.165, 1.54) is 36.8 Å². The molecule has 25 heavy (non-hydrogen) atoms. The van der Waals surface area contributed by atoms with Crippen molar-refractivity contribution in [2.45, 2.75) is 68.0 Å². The number of amides is 1. The van der Waals surface area contributed by atoms with Crippen molar-refractivity contribution >= 4 is 29.0 Å². The van der Waals surface area contributed by atoms with Crippen LogP contribution in [0.25, 0.3) is 0 Å². The minimum Gasteiger partial charge on any atom is -0.353 e. The van der Waals surface area contributed by atoms with Gasteiger partial charge in [-0.25, -0.2) is 4.98 Å². The summed E-state index contributed by atoms with van der Waals surface area (Å²) in [5.74, 6) is 1.04. The fourth-order valence-electron chi connectivity index (χ4n) is 3.13. The van der Waals surface area contributed by atoms with E-state index in [0.29, 0.717) is 12.5 Å². The molecule has 1 aliphatic rings. The first-order valence-corrected chi connectivity index (χ1v) is 11.0. The first kappa shape index (κ1) is 18.5. The second-order valence-corrected chi connectivity index (χ2v) is 8.89. The number of hydrogen-bond donors (Lipinski definition) is 1. The highest BCUT2D eigenvalue weighted by atomic mass is 32.2. The normalized spacial score (nSPS) is 15.7. The summed E-state index contributed by atoms with van der Waals surface area (Å²) >= 11 is 3.38. The first-order valence-electron chi connectivity index (χ1n) is 9.11. The quantitative estimate of drug-likeness (QED) is 0.563. The molecule has 1 fully saturated rings. The molecule has 0 unspecified atom stereocenters. The average Bonchev–Trinajstić information content (AvgIpc) is 2.88. The van der Waals surface area contributed by atoms with Crippen LogP contribution in [0.5, 0.6) is 0 Å². The van der Waals surface area contributed by atoms with E-state index in [9.17, 15) is 4.79 Å². The summed E-state index contributed by atoms with van der Waals surface area (Å²) in [5.41, 5.74) is 3.48. The highest BCUT2D eigenvalue weighted by Gasteiger charge is 2.15. The lowest BCUT2D eigenvalue weighted by Crippen LogP contribution is -2.35. The number of thiazole rings is 1. The molecule has 1 saturated carbocycles. The monoisotopic (exact) mass is 374 g/mol. The van der Waals surface area contributed by atoms with Gasteiger partial charge in [0, 0.05) is 17.2 Å². The van der Waals surface area contributed by atoms with Crippen LogP contribution in [0.1, 0.15) is 55.3 Å². The Morgan fingerprint density at radius 2 is 1.92 bits per heavy atom. The number of rotatable bonds is 6. The van der Waals surface area contributed by atoms with E-state index in [4.69, 9.17) is 0 Å². The highest BCUT2D eigenvalue weighted by molar-refractivity contribution is 8.00. The van der Waals surface area contributed by atoms with Crippen LogP contribution in [0, 0.1) is 6.92 Å². The third-order valence-electron chi connectivity index (χ3n) is 4.58. The van der Waals surface area contributed by atoms with Crippen LogP contribution < -0.4 is 5.32 Å². The number of nitrogens with zero attached hydrogens (tertiary/aromatic N) is 1. The Kier molecular flexibility index (Phi) is 6.93. The van der Waals surface area contributed by atoms with E-state index < -0.39 is 0 Å². The lowest BCUT2D eigenvalue weighted by molar-refractivity contribution is -0.121. The maximum Gasteiger partial charge on any atom is 0.226 e. The van der Waals surface area contributed by atoms with Crippen LogP contribution in [0.2, 0.25) is 0 Å². The Morgan fingerprint density at radius 3 is 2.64 bits per heavy atom. The summed E-state index contributed by atoms with van der Waals surface area (Å²) in [6.07, 6.45) is 7.74. The van der Waals surface area contributed by atoms with Crippen molar-refractivity contribution in [3.63, 3.8) is 0 Å². The molecule has 1 heterocycles. The first-order chi connectivity index (χ1) is 12.2. The summed E-state index contributed by atoms with van der Waals surface area (Å²) in [6, 6.07) is 8.97. The molecule has 0 radical (unpaired) electrons. The average molecular weight is 375 g/mol. The van der Waals surface area contributed by atoms with Crippen LogP contribution in [0.15, 0.2) is 34.0 Å². The van der Waals surface area contributed by atoms with Crippen molar-refractivity contribution in [1.82, 2.24) is 10.3 Å². The van der Waals surface area contributed by atoms with Gasteiger partial charge in [-0.2, -0.15) is 0 Å². The summed E-state index contributed by atoms with van der Waals surface area (Å²) in [6.45, 7) is 2.10. The molecule has 1 aliphatic carbocycles. The smallest absolute Gasteiger partial charge is 0.226 e. The van der Waals surface area contributed by atoms with Gasteiger partial charge in [-0.05, 0) is 25.3 Å². The molecule has 0 spiro atoms. The number of aromatic nitrogens is 1. The molecule has 1 aromatic heterocycles. The van der Waals surface area contributed by atoms with Gasteiger partial charge < -0.3 is 5.32 Å². The van der Waals surface area contributed by atoms with Crippen molar-refractivity contribution in [3.05, 3.63) is 46.5 Å². The number of carbonyl (C=O) groups is 1. The van der Waals surface area contributed by atoms with Gasteiger partial charge >= 0.3 is 0 Å². The predicted octanol–water partition coefficient (Wildman–Crippen LogP) is 5.13. The van der Waals surface area contributed by atoms with Gasteiger partial charge in [0.25, 0.3) is 0 Å². The van der Waals surface area contributed by atoms with Crippen LogP contribution in [-0.4, -0.2) is 16.9 Å². The van der Waals surface area contributed by atoms with Crippen LogP contribution in [-0.2, 0) is 17.0 Å². The molecule has 3 nitrogen and oxygen atoms in total. The van der Waals surface area contributed by atoms with Crippen LogP contribution in [0.3, 0.4) is 0 Å². The predicted molar refractivity (Wildman–Crippen MR) is 106 cm³/mol. The van der Waals surface area contributed by atoms with Crippen LogP contribution >= 0.6 is 23.1 Å². The molecule has 1 N–H and O–H groups in total. The zero-order chi connectivity index (χ0) is 17.5. The number of carbonyl (C=O) groups excluding carboxylic acids is 1. The molecule has 1 amide bonds. The Hall–Kier alpha value is -1.33. The standard InChI is InChI=1S/C20H26N2OS2/c1-15-8-10-16(11-9-15)13-24-20-22-18(14-25-20)12-19(23)21-17-6-4-2-3-5-7-17/h8-11,14,17H,2-7,12-13H2,1H3,(H,21,23). The minimum atomic E-state index is 0.118. The third kappa shape index (κ3) is 6.15. The zero-order valence-corrected chi connectivity index (χ0v) is 16.4. The second-order valence-electron chi connectivity index (χ2n) is 6.81. The summed E-state index contributed by atoms with van der Waals surface area (Å²) < 4.78 is 1.04. The fraction of sp³-hybridized carbons (Fsp3) is 0.500. The molecule has 0 saturated heterocycles. The van der Waals surface area contributed by atoms with Crippen molar-refractivity contribution in [3.8, 4) is 0 Å². The fourth-order valence-corrected chi connectivity index (χ4v) is 4.93. The van der Waals surface area contributed by atoms with E-state index in [1.807, 2.05) is 5.38 Å². The van der Waals surface area contributed by atoms with Crippen LogP contribution in [0.4, 0.5) is 0 Å². The third-order valence-corrected chi connectivity index (χ3v) is 6.72. The van der Waals surface area contributed by atoms with Gasteiger partial charge in [-0.1, -0.05) is 67.3 Å². The number of nitrogens with one attached hydrogen (secondary N) is 1. The molecular formula is C20H26N2OS2. The van der Waals surface area contributed by atoms with Crippen molar-refractivity contribution in [2.75, 3.05) is 0 Å². The van der Waals surface area contributed by atoms with E-state index in [-0.39, 0.29) is 5.91 Å². The van der Waals surface area contributed by atoms with Gasteiger partial charge in [-0.3, -0.25) is 4.79 Å². The maximum absolute atomic E-state index is 12.3. The Bertz CT molecular complexity index is 673. The summed E-state index contributed by atoms with van der Waals surface area (Å²) in [4.78, 5) is 16.9. The zero-order valence-electron chi connectivity index (χ0n) is 14.8. The van der Waals surface area contributed by atoms with Gasteiger partial charge in [0.15, 0.2) is 0 Å². The second kappa shape index (κ2) is 9.39. The largest absolute Gasteiger partial charge is 0.353 e. The Labute approximate surface area is 158 Å². The lowest BCUT2D eigenvalue weighted by Gasteiger charge is -2.15. The van der Waals surface area contributed by atoms with Gasteiger partial charge in [-0.15, -0.1) is 11.3 Å². The number of benzene rings is 1. The summed E-state index contributed by atoms with van der Waals surface area (Å²) in [7, 11) is 0. The molecule has 0 bridgehead atoms. The molecule has 0 aliphatic heterocycles. The molecule has 134 valence electrons. The van der Waals surface area contributed by atoms with Crippen molar-refractivity contribution < 1.29 is 4.79 Å². The van der Waals surface area contributed by atoms with E-state index in [2.05, 4.69) is 41.5 Å². The highest BCUT2D eigenvalue weighted by Crippen LogP contribution is 2.26. The molecule has 1 aromatic carbocycles. The topological polar surface area (TPSA) is 42.0 Å². The number of aryl methyl sites for hydroxylation is 1. The molecule has 2 aromatic rings.